The van der Waals surface area contributed by atoms with Gasteiger partial charge in [-0.1, -0.05) is 51.4 Å². The molecule has 32 heavy (non-hydrogen) atoms. The Labute approximate surface area is 191 Å². The van der Waals surface area contributed by atoms with Crippen molar-refractivity contribution in [3.05, 3.63) is 0 Å². The molecule has 0 unspecified atom stereocenters. The van der Waals surface area contributed by atoms with Crippen LogP contribution in [-0.4, -0.2) is 58.7 Å². The van der Waals surface area contributed by atoms with Gasteiger partial charge in [-0.25, -0.2) is 0 Å². The molecule has 0 aromatic rings. The molecule has 178 valence electrons. The van der Waals surface area contributed by atoms with E-state index in [9.17, 15) is 19.2 Å². The minimum Gasteiger partial charge on any atom is -0.456 e. The van der Waals surface area contributed by atoms with E-state index >= 15 is 0 Å². The zero-order valence-electron chi connectivity index (χ0n) is 19.3. The molecule has 0 aromatic heterocycles. The van der Waals surface area contributed by atoms with Crippen LogP contribution in [0.5, 0.6) is 0 Å². The van der Waals surface area contributed by atoms with E-state index in [1.807, 2.05) is 4.90 Å². The van der Waals surface area contributed by atoms with Crippen molar-refractivity contribution in [2.75, 3.05) is 13.2 Å². The maximum Gasteiger partial charge on any atom is 0.308 e. The number of nitrogens with zero attached hydrogens (tertiary/aromatic N) is 2. The van der Waals surface area contributed by atoms with Gasteiger partial charge >= 0.3 is 5.97 Å². The SMILES string of the molecule is O=C(CCN1C(=O)[C@H]2CCCC[C@H]2C1=O)OCC(=O)N(C1CCCCC1)C1CCCCC1. The summed E-state index contributed by atoms with van der Waals surface area (Å²) in [5, 5.41) is 0. The van der Waals surface area contributed by atoms with Crippen LogP contribution in [0.1, 0.15) is 96.3 Å². The van der Waals surface area contributed by atoms with Gasteiger partial charge in [0.1, 0.15) is 0 Å². The fourth-order valence-electron chi connectivity index (χ4n) is 6.37. The van der Waals surface area contributed by atoms with Crippen LogP contribution in [-0.2, 0) is 23.9 Å². The Bertz CT molecular complexity index is 669. The first-order valence-electron chi connectivity index (χ1n) is 12.9. The lowest BCUT2D eigenvalue weighted by Gasteiger charge is -2.41. The molecule has 3 saturated carbocycles. The van der Waals surface area contributed by atoms with Gasteiger partial charge in [-0.2, -0.15) is 0 Å². The predicted octanol–water partition coefficient (Wildman–Crippen LogP) is 3.59. The number of carbonyl (C=O) groups is 4. The molecule has 0 spiro atoms. The molecule has 1 heterocycles. The highest BCUT2D eigenvalue weighted by molar-refractivity contribution is 6.05. The highest BCUT2D eigenvalue weighted by Gasteiger charge is 2.47. The van der Waals surface area contributed by atoms with Gasteiger partial charge in [-0.3, -0.25) is 24.1 Å². The highest BCUT2D eigenvalue weighted by Crippen LogP contribution is 2.38. The van der Waals surface area contributed by atoms with Crippen LogP contribution >= 0.6 is 0 Å². The molecule has 7 heteroatoms. The first-order valence-corrected chi connectivity index (χ1v) is 12.9. The van der Waals surface area contributed by atoms with Gasteiger partial charge < -0.3 is 9.64 Å². The molecule has 4 aliphatic rings. The smallest absolute Gasteiger partial charge is 0.308 e. The third kappa shape index (κ3) is 5.18. The Morgan fingerprint density at radius 2 is 1.22 bits per heavy atom. The van der Waals surface area contributed by atoms with E-state index < -0.39 is 5.97 Å². The van der Waals surface area contributed by atoms with Crippen molar-refractivity contribution in [3.63, 3.8) is 0 Å². The first kappa shape index (κ1) is 23.2. The minimum atomic E-state index is -0.513. The summed E-state index contributed by atoms with van der Waals surface area (Å²) < 4.78 is 5.34. The van der Waals surface area contributed by atoms with Gasteiger partial charge in [0, 0.05) is 18.6 Å². The van der Waals surface area contributed by atoms with Crippen molar-refractivity contribution in [2.45, 2.75) is 108 Å². The van der Waals surface area contributed by atoms with Crippen LogP contribution in [0, 0.1) is 11.8 Å². The van der Waals surface area contributed by atoms with Crippen LogP contribution in [0.15, 0.2) is 0 Å². The molecule has 3 amide bonds. The topological polar surface area (TPSA) is 84.0 Å². The molecule has 7 nitrogen and oxygen atoms in total. The number of carbonyl (C=O) groups excluding carboxylic acids is 4. The Kier molecular flexibility index (Phi) is 7.84. The number of likely N-dealkylation sites (tertiary alicyclic amines) is 1. The number of imide groups is 1. The van der Waals surface area contributed by atoms with Crippen molar-refractivity contribution < 1.29 is 23.9 Å². The zero-order valence-corrected chi connectivity index (χ0v) is 19.3. The Morgan fingerprint density at radius 3 is 1.72 bits per heavy atom. The molecule has 2 atom stereocenters. The van der Waals surface area contributed by atoms with Gasteiger partial charge in [0.05, 0.1) is 18.3 Å². The summed E-state index contributed by atoms with van der Waals surface area (Å²) in [6.45, 7) is -0.175. The molecule has 0 aromatic carbocycles. The van der Waals surface area contributed by atoms with Gasteiger partial charge in [0.25, 0.3) is 5.91 Å². The van der Waals surface area contributed by atoms with E-state index in [0.29, 0.717) is 0 Å². The third-order valence-electron chi connectivity index (χ3n) is 8.05. The van der Waals surface area contributed by atoms with E-state index in [2.05, 4.69) is 0 Å². The number of hydrogen-bond donors (Lipinski definition) is 0. The monoisotopic (exact) mass is 446 g/mol. The molecule has 1 aliphatic heterocycles. The summed E-state index contributed by atoms with van der Waals surface area (Å²) in [5.41, 5.74) is 0. The van der Waals surface area contributed by atoms with Gasteiger partial charge in [-0.15, -0.1) is 0 Å². The lowest BCUT2D eigenvalue weighted by atomic mass is 9.81. The van der Waals surface area contributed by atoms with Crippen molar-refractivity contribution in [2.24, 2.45) is 11.8 Å². The number of esters is 1. The molecule has 4 fully saturated rings. The van der Waals surface area contributed by atoms with Crippen molar-refractivity contribution in [3.8, 4) is 0 Å². The van der Waals surface area contributed by atoms with Crippen molar-refractivity contribution in [1.82, 2.24) is 9.80 Å². The van der Waals surface area contributed by atoms with Crippen LogP contribution in [0.4, 0.5) is 0 Å². The Hall–Kier alpha value is -1.92. The second kappa shape index (κ2) is 10.8. The van der Waals surface area contributed by atoms with Crippen molar-refractivity contribution >= 4 is 23.7 Å². The van der Waals surface area contributed by atoms with E-state index in [1.165, 1.54) is 17.7 Å². The number of hydrogen-bond acceptors (Lipinski definition) is 5. The maximum atomic E-state index is 13.1. The summed E-state index contributed by atoms with van der Waals surface area (Å²) in [4.78, 5) is 53.9. The standard InChI is InChI=1S/C25H38N2O5/c28-22(27(18-9-3-1-4-10-18)19-11-5-2-6-12-19)17-32-23(29)15-16-26-24(30)20-13-7-8-14-21(20)25(26)31/h18-21H,1-17H2/t20-,21+. The van der Waals surface area contributed by atoms with Gasteiger partial charge in [0.2, 0.25) is 11.8 Å². The molecule has 0 radical (unpaired) electrons. The summed E-state index contributed by atoms with van der Waals surface area (Å²) in [7, 11) is 0. The van der Waals surface area contributed by atoms with E-state index in [1.54, 1.807) is 0 Å². The Morgan fingerprint density at radius 1 is 0.750 bits per heavy atom. The molecule has 0 N–H and O–H groups in total. The second-order valence-corrected chi connectivity index (χ2v) is 10.1. The molecule has 3 aliphatic carbocycles. The molecular weight excluding hydrogens is 408 g/mol. The average Bonchev–Trinajstić information content (AvgIpc) is 3.07. The lowest BCUT2D eigenvalue weighted by Crippen LogP contribution is -2.50. The van der Waals surface area contributed by atoms with Gasteiger partial charge in [-0.05, 0) is 38.5 Å². The summed E-state index contributed by atoms with van der Waals surface area (Å²) in [5.74, 6) is -1.27. The normalized spacial score (nSPS) is 27.3. The summed E-state index contributed by atoms with van der Waals surface area (Å²) >= 11 is 0. The number of ether oxygens (including phenoxy) is 1. The lowest BCUT2D eigenvalue weighted by molar-refractivity contribution is -0.156. The van der Waals surface area contributed by atoms with E-state index in [-0.39, 0.29) is 61.2 Å². The first-order chi connectivity index (χ1) is 15.6. The largest absolute Gasteiger partial charge is 0.456 e. The predicted molar refractivity (Wildman–Crippen MR) is 118 cm³/mol. The van der Waals surface area contributed by atoms with Crippen LogP contribution in [0.25, 0.3) is 0 Å². The quantitative estimate of drug-likeness (QED) is 0.441. The highest BCUT2D eigenvalue weighted by atomic mass is 16.5. The summed E-state index contributed by atoms with van der Waals surface area (Å²) in [6.07, 6.45) is 14.7. The van der Waals surface area contributed by atoms with Gasteiger partial charge in [0.15, 0.2) is 6.61 Å². The number of amides is 3. The van der Waals surface area contributed by atoms with E-state index in [0.717, 1.165) is 77.0 Å². The molecule has 1 saturated heterocycles. The molecule has 4 rings (SSSR count). The van der Waals surface area contributed by atoms with Crippen LogP contribution < -0.4 is 0 Å². The third-order valence-corrected chi connectivity index (χ3v) is 8.05. The average molecular weight is 447 g/mol. The molecular formula is C25H38N2O5. The number of rotatable bonds is 7. The zero-order chi connectivity index (χ0) is 22.5. The fraction of sp³-hybridized carbons (Fsp3) is 0.840. The molecule has 0 bridgehead atoms. The fourth-order valence-corrected chi connectivity index (χ4v) is 6.37. The minimum absolute atomic E-state index is 0.0446. The van der Waals surface area contributed by atoms with Crippen molar-refractivity contribution in [1.29, 1.82) is 0 Å². The number of fused-ring (bicyclic) bond motifs is 1. The maximum absolute atomic E-state index is 13.1. The second-order valence-electron chi connectivity index (χ2n) is 10.1. The Balaban J connectivity index is 1.27. The van der Waals surface area contributed by atoms with Crippen LogP contribution in [0.2, 0.25) is 0 Å². The van der Waals surface area contributed by atoms with E-state index in [4.69, 9.17) is 4.74 Å². The van der Waals surface area contributed by atoms with Crippen LogP contribution in [0.3, 0.4) is 0 Å². The summed E-state index contributed by atoms with van der Waals surface area (Å²) in [6, 6.07) is 0.530.